The van der Waals surface area contributed by atoms with Gasteiger partial charge in [0.2, 0.25) is 15.9 Å². The molecule has 0 radical (unpaired) electrons. The highest BCUT2D eigenvalue weighted by molar-refractivity contribution is 7.89. The van der Waals surface area contributed by atoms with Crippen molar-refractivity contribution in [1.82, 2.24) is 9.29 Å². The highest BCUT2D eigenvalue weighted by Gasteiger charge is 2.35. The van der Waals surface area contributed by atoms with Crippen LogP contribution in [0.3, 0.4) is 0 Å². The molecule has 1 unspecified atom stereocenters. The molecule has 26 heavy (non-hydrogen) atoms. The van der Waals surface area contributed by atoms with E-state index in [0.717, 1.165) is 23.9 Å². The van der Waals surface area contributed by atoms with Crippen LogP contribution >= 0.6 is 0 Å². The number of hydrogen-bond donors (Lipinski definition) is 0. The standard InChI is InChI=1S/C17H17F3N2O3S/c1-12-2-4-15(5-3-12)26(23,24)22-9-7-14(11-22)25-16-10-13(6-8-21-16)17(18,19)20/h2-6,8,10,14H,7,9,11H2,1H3. The fourth-order valence-electron chi connectivity index (χ4n) is 2.69. The van der Waals surface area contributed by atoms with Gasteiger partial charge in [0.15, 0.2) is 0 Å². The number of rotatable bonds is 4. The number of benzene rings is 1. The van der Waals surface area contributed by atoms with Gasteiger partial charge < -0.3 is 4.74 Å². The Bertz CT molecular complexity index is 883. The zero-order valence-corrected chi connectivity index (χ0v) is 14.7. The number of aryl methyl sites for hydroxylation is 1. The molecule has 1 aliphatic rings. The topological polar surface area (TPSA) is 59.5 Å². The van der Waals surface area contributed by atoms with Gasteiger partial charge in [-0.1, -0.05) is 17.7 Å². The van der Waals surface area contributed by atoms with Crippen LogP contribution in [0.1, 0.15) is 17.5 Å². The molecule has 2 heterocycles. The van der Waals surface area contributed by atoms with E-state index in [0.29, 0.717) is 6.42 Å². The summed E-state index contributed by atoms with van der Waals surface area (Å²) in [6.45, 7) is 2.16. The first-order valence-electron chi connectivity index (χ1n) is 7.93. The summed E-state index contributed by atoms with van der Waals surface area (Å²) in [4.78, 5) is 3.96. The lowest BCUT2D eigenvalue weighted by Gasteiger charge is -2.17. The van der Waals surface area contributed by atoms with Crippen molar-refractivity contribution < 1.29 is 26.3 Å². The summed E-state index contributed by atoms with van der Waals surface area (Å²) in [5.41, 5.74) is 0.0897. The Morgan fingerprint density at radius 1 is 1.19 bits per heavy atom. The summed E-state index contributed by atoms with van der Waals surface area (Å²) >= 11 is 0. The normalized spacial score (nSPS) is 18.8. The van der Waals surface area contributed by atoms with Crippen LogP contribution in [0.15, 0.2) is 47.5 Å². The Kier molecular flexibility index (Phi) is 4.94. The van der Waals surface area contributed by atoms with E-state index in [1.165, 1.54) is 16.4 Å². The summed E-state index contributed by atoms with van der Waals surface area (Å²) in [5, 5.41) is 0. The lowest BCUT2D eigenvalue weighted by atomic mass is 10.2. The van der Waals surface area contributed by atoms with Crippen LogP contribution in [0.25, 0.3) is 0 Å². The smallest absolute Gasteiger partial charge is 0.416 e. The number of aromatic nitrogens is 1. The monoisotopic (exact) mass is 386 g/mol. The number of ether oxygens (including phenoxy) is 1. The molecule has 9 heteroatoms. The average Bonchev–Trinajstić information content (AvgIpc) is 3.04. The third-order valence-corrected chi connectivity index (χ3v) is 6.00. The zero-order chi connectivity index (χ0) is 18.9. The van der Waals surface area contributed by atoms with Crippen LogP contribution in [-0.2, 0) is 16.2 Å². The summed E-state index contributed by atoms with van der Waals surface area (Å²) in [6.07, 6.45) is -3.64. The molecule has 3 rings (SSSR count). The Balaban J connectivity index is 1.70. The summed E-state index contributed by atoms with van der Waals surface area (Å²) in [5.74, 6) is -0.167. The van der Waals surface area contributed by atoms with Crippen molar-refractivity contribution in [2.24, 2.45) is 0 Å². The minimum atomic E-state index is -4.49. The third kappa shape index (κ3) is 3.99. The van der Waals surface area contributed by atoms with Crippen LogP contribution in [0.5, 0.6) is 5.88 Å². The number of hydrogen-bond acceptors (Lipinski definition) is 4. The van der Waals surface area contributed by atoms with Crippen molar-refractivity contribution in [3.05, 3.63) is 53.7 Å². The van der Waals surface area contributed by atoms with E-state index in [9.17, 15) is 21.6 Å². The van der Waals surface area contributed by atoms with Gasteiger partial charge in [0.1, 0.15) is 6.10 Å². The van der Waals surface area contributed by atoms with Gasteiger partial charge in [-0.2, -0.15) is 17.5 Å². The minimum absolute atomic E-state index is 0.0636. The van der Waals surface area contributed by atoms with Gasteiger partial charge in [-0.15, -0.1) is 0 Å². The van der Waals surface area contributed by atoms with Gasteiger partial charge in [0, 0.05) is 18.8 Å². The van der Waals surface area contributed by atoms with E-state index in [-0.39, 0.29) is 23.9 Å². The van der Waals surface area contributed by atoms with E-state index >= 15 is 0 Å². The maximum Gasteiger partial charge on any atom is 0.416 e. The molecule has 0 aliphatic carbocycles. The number of pyridine rings is 1. The number of halogens is 3. The Hall–Kier alpha value is -2.13. The van der Waals surface area contributed by atoms with Crippen LogP contribution in [0, 0.1) is 6.92 Å². The second-order valence-corrected chi connectivity index (χ2v) is 8.02. The van der Waals surface area contributed by atoms with Gasteiger partial charge in [-0.3, -0.25) is 0 Å². The van der Waals surface area contributed by atoms with E-state index in [1.807, 2.05) is 6.92 Å². The number of sulfonamides is 1. The van der Waals surface area contributed by atoms with E-state index in [4.69, 9.17) is 4.74 Å². The highest BCUT2D eigenvalue weighted by atomic mass is 32.2. The molecule has 0 saturated carbocycles. The predicted molar refractivity (Wildman–Crippen MR) is 88.2 cm³/mol. The minimum Gasteiger partial charge on any atom is -0.473 e. The molecule has 1 atom stereocenters. The van der Waals surface area contributed by atoms with Gasteiger partial charge in [0.05, 0.1) is 17.0 Å². The Labute approximate surface area is 149 Å². The lowest BCUT2D eigenvalue weighted by molar-refractivity contribution is -0.137. The molecular formula is C17H17F3N2O3S. The maximum absolute atomic E-state index is 12.7. The second kappa shape index (κ2) is 6.88. The molecule has 2 aromatic rings. The zero-order valence-electron chi connectivity index (χ0n) is 13.9. The molecule has 0 amide bonds. The molecule has 0 bridgehead atoms. The maximum atomic E-state index is 12.7. The molecule has 5 nitrogen and oxygen atoms in total. The van der Waals surface area contributed by atoms with E-state index < -0.39 is 27.9 Å². The molecule has 140 valence electrons. The van der Waals surface area contributed by atoms with E-state index in [1.54, 1.807) is 12.1 Å². The molecule has 1 aliphatic heterocycles. The van der Waals surface area contributed by atoms with Crippen LogP contribution in [-0.4, -0.2) is 36.9 Å². The molecular weight excluding hydrogens is 369 g/mol. The van der Waals surface area contributed by atoms with Crippen molar-refractivity contribution in [1.29, 1.82) is 0 Å². The average molecular weight is 386 g/mol. The molecule has 1 fully saturated rings. The van der Waals surface area contributed by atoms with Crippen molar-refractivity contribution in [2.45, 2.75) is 30.5 Å². The van der Waals surface area contributed by atoms with E-state index in [2.05, 4.69) is 4.98 Å². The fourth-order valence-corrected chi connectivity index (χ4v) is 4.18. The fraction of sp³-hybridized carbons (Fsp3) is 0.353. The van der Waals surface area contributed by atoms with Gasteiger partial charge in [-0.25, -0.2) is 13.4 Å². The summed E-state index contributed by atoms with van der Waals surface area (Å²) in [6, 6.07) is 8.17. The Morgan fingerprint density at radius 3 is 2.54 bits per heavy atom. The van der Waals surface area contributed by atoms with Crippen molar-refractivity contribution in [3.63, 3.8) is 0 Å². The second-order valence-electron chi connectivity index (χ2n) is 6.09. The molecule has 1 aromatic carbocycles. The van der Waals surface area contributed by atoms with Crippen molar-refractivity contribution in [3.8, 4) is 5.88 Å². The predicted octanol–water partition coefficient (Wildman–Crippen LogP) is 3.25. The summed E-state index contributed by atoms with van der Waals surface area (Å²) < 4.78 is 70.3. The lowest BCUT2D eigenvalue weighted by Crippen LogP contribution is -2.31. The quantitative estimate of drug-likeness (QED) is 0.809. The Morgan fingerprint density at radius 2 is 1.88 bits per heavy atom. The molecule has 1 aromatic heterocycles. The summed E-state index contributed by atoms with van der Waals surface area (Å²) in [7, 11) is -3.66. The molecule has 1 saturated heterocycles. The SMILES string of the molecule is Cc1ccc(S(=O)(=O)N2CCC(Oc3cc(C(F)(F)F)ccn3)C2)cc1. The van der Waals surface area contributed by atoms with Crippen LogP contribution in [0.4, 0.5) is 13.2 Å². The van der Waals surface area contributed by atoms with Crippen molar-refractivity contribution in [2.75, 3.05) is 13.1 Å². The molecule has 0 N–H and O–H groups in total. The van der Waals surface area contributed by atoms with Crippen LogP contribution in [0.2, 0.25) is 0 Å². The van der Waals surface area contributed by atoms with Gasteiger partial charge in [0.25, 0.3) is 0 Å². The highest BCUT2D eigenvalue weighted by Crippen LogP contribution is 2.31. The largest absolute Gasteiger partial charge is 0.473 e. The third-order valence-electron chi connectivity index (χ3n) is 4.12. The van der Waals surface area contributed by atoms with Crippen LogP contribution < -0.4 is 4.74 Å². The van der Waals surface area contributed by atoms with Crippen molar-refractivity contribution >= 4 is 10.0 Å². The van der Waals surface area contributed by atoms with Gasteiger partial charge in [-0.05, 0) is 31.5 Å². The first kappa shape index (κ1) is 18.7. The molecule has 0 spiro atoms. The first-order chi connectivity index (χ1) is 12.2. The number of alkyl halides is 3. The number of nitrogens with zero attached hydrogens (tertiary/aromatic N) is 2. The first-order valence-corrected chi connectivity index (χ1v) is 9.37. The van der Waals surface area contributed by atoms with Gasteiger partial charge >= 0.3 is 6.18 Å².